The largest absolute Gasteiger partial charge is 0.462 e. The van der Waals surface area contributed by atoms with Crippen LogP contribution >= 0.6 is 0 Å². The Morgan fingerprint density at radius 3 is 2.64 bits per heavy atom. The summed E-state index contributed by atoms with van der Waals surface area (Å²) < 4.78 is 5.15. The SMILES string of the molecule is CCOC(=O)c1ccc2c(c1)[C@H](Nc1nccc(C)n1)[C@@H](C)[C@H](C)N2C(C)=O. The Hall–Kier alpha value is -2.96. The number of aromatic nitrogens is 2. The Bertz CT molecular complexity index is 899. The Balaban J connectivity index is 2.09. The van der Waals surface area contributed by atoms with Crippen LogP contribution in [0.2, 0.25) is 0 Å². The summed E-state index contributed by atoms with van der Waals surface area (Å²) in [4.78, 5) is 35.1. The number of benzene rings is 1. The molecule has 1 N–H and O–H groups in total. The van der Waals surface area contributed by atoms with Gasteiger partial charge in [0.25, 0.3) is 0 Å². The maximum atomic E-state index is 12.3. The first-order valence-electron chi connectivity index (χ1n) is 9.50. The molecule has 0 aliphatic carbocycles. The number of amides is 1. The second-order valence-electron chi connectivity index (χ2n) is 7.13. The van der Waals surface area contributed by atoms with Crippen molar-refractivity contribution in [1.29, 1.82) is 0 Å². The first-order chi connectivity index (χ1) is 13.3. The Morgan fingerprint density at radius 2 is 2.00 bits per heavy atom. The van der Waals surface area contributed by atoms with Crippen molar-refractivity contribution in [3.63, 3.8) is 0 Å². The molecule has 0 saturated carbocycles. The highest BCUT2D eigenvalue weighted by Gasteiger charge is 2.38. The van der Waals surface area contributed by atoms with Crippen molar-refractivity contribution >= 4 is 23.5 Å². The Kier molecular flexibility index (Phi) is 5.63. The monoisotopic (exact) mass is 382 g/mol. The zero-order chi connectivity index (χ0) is 20.4. The summed E-state index contributed by atoms with van der Waals surface area (Å²) in [7, 11) is 0. The highest BCUT2D eigenvalue weighted by Crippen LogP contribution is 2.42. The van der Waals surface area contributed by atoms with Gasteiger partial charge >= 0.3 is 5.97 Å². The number of anilines is 2. The minimum absolute atomic E-state index is 0.0271. The van der Waals surface area contributed by atoms with Gasteiger partial charge in [0.15, 0.2) is 0 Å². The van der Waals surface area contributed by atoms with E-state index in [1.165, 1.54) is 0 Å². The summed E-state index contributed by atoms with van der Waals surface area (Å²) in [5.74, 6) is 0.178. The van der Waals surface area contributed by atoms with Gasteiger partial charge in [-0.05, 0) is 50.6 Å². The molecule has 1 amide bonds. The molecule has 7 nitrogen and oxygen atoms in total. The molecule has 0 saturated heterocycles. The van der Waals surface area contributed by atoms with Crippen molar-refractivity contribution in [3.8, 4) is 0 Å². The molecule has 7 heteroatoms. The lowest BCUT2D eigenvalue weighted by atomic mass is 9.82. The van der Waals surface area contributed by atoms with Gasteiger partial charge in [-0.25, -0.2) is 14.8 Å². The number of carbonyl (C=O) groups excluding carboxylic acids is 2. The van der Waals surface area contributed by atoms with Crippen molar-refractivity contribution in [2.24, 2.45) is 5.92 Å². The summed E-state index contributed by atoms with van der Waals surface area (Å²) in [6, 6.07) is 6.98. The number of carbonyl (C=O) groups is 2. The average molecular weight is 382 g/mol. The van der Waals surface area contributed by atoms with Crippen molar-refractivity contribution in [2.45, 2.75) is 46.7 Å². The van der Waals surface area contributed by atoms with Crippen molar-refractivity contribution in [1.82, 2.24) is 9.97 Å². The molecule has 1 aromatic heterocycles. The third kappa shape index (κ3) is 3.69. The van der Waals surface area contributed by atoms with E-state index in [1.807, 2.05) is 26.0 Å². The summed E-state index contributed by atoms with van der Waals surface area (Å²) in [5.41, 5.74) is 2.97. The number of ether oxygens (including phenoxy) is 1. The van der Waals surface area contributed by atoms with E-state index in [2.05, 4.69) is 22.2 Å². The van der Waals surface area contributed by atoms with E-state index < -0.39 is 0 Å². The lowest BCUT2D eigenvalue weighted by Gasteiger charge is -2.43. The van der Waals surface area contributed by atoms with Crippen LogP contribution in [0.15, 0.2) is 30.5 Å². The average Bonchev–Trinajstić information content (AvgIpc) is 2.65. The van der Waals surface area contributed by atoms with E-state index in [4.69, 9.17) is 4.74 Å². The van der Waals surface area contributed by atoms with Crippen LogP contribution in [0, 0.1) is 12.8 Å². The van der Waals surface area contributed by atoms with Gasteiger partial charge < -0.3 is 15.0 Å². The highest BCUT2D eigenvalue weighted by atomic mass is 16.5. The lowest BCUT2D eigenvalue weighted by molar-refractivity contribution is -0.117. The fourth-order valence-electron chi connectivity index (χ4n) is 3.70. The zero-order valence-corrected chi connectivity index (χ0v) is 16.9. The first kappa shape index (κ1) is 19.8. The predicted octanol–water partition coefficient (Wildman–Crippen LogP) is 3.51. The zero-order valence-electron chi connectivity index (χ0n) is 16.9. The van der Waals surface area contributed by atoms with Crippen LogP contribution in [0.5, 0.6) is 0 Å². The third-order valence-corrected chi connectivity index (χ3v) is 5.25. The maximum Gasteiger partial charge on any atom is 0.338 e. The van der Waals surface area contributed by atoms with Crippen LogP contribution in [0.1, 0.15) is 55.4 Å². The van der Waals surface area contributed by atoms with E-state index >= 15 is 0 Å². The normalized spacial score (nSPS) is 21.0. The topological polar surface area (TPSA) is 84.4 Å². The molecule has 3 atom stereocenters. The lowest BCUT2D eigenvalue weighted by Crippen LogP contribution is -2.48. The van der Waals surface area contributed by atoms with Crippen LogP contribution in [-0.2, 0) is 9.53 Å². The standard InChI is InChI=1S/C21H26N4O3/c1-6-28-20(27)16-7-8-18-17(11-16)19(13(3)14(4)25(18)15(5)26)24-21-22-10-9-12(2)23-21/h7-11,13-14,19H,6H2,1-5H3,(H,22,23,24)/t13-,14-,19+/m0/s1. The molecule has 0 unspecified atom stereocenters. The van der Waals surface area contributed by atoms with Crippen LogP contribution in [0.25, 0.3) is 0 Å². The van der Waals surface area contributed by atoms with Gasteiger partial charge in [-0.2, -0.15) is 0 Å². The molecule has 2 aromatic rings. The molecule has 1 aromatic carbocycles. The summed E-state index contributed by atoms with van der Waals surface area (Å²) in [5, 5.41) is 3.40. The Morgan fingerprint density at radius 1 is 1.25 bits per heavy atom. The predicted molar refractivity (Wildman–Crippen MR) is 107 cm³/mol. The molecule has 3 rings (SSSR count). The summed E-state index contributed by atoms with van der Waals surface area (Å²) in [6.45, 7) is 9.65. The molecular formula is C21H26N4O3. The minimum Gasteiger partial charge on any atom is -0.462 e. The van der Waals surface area contributed by atoms with Crippen LogP contribution in [0.3, 0.4) is 0 Å². The second-order valence-corrected chi connectivity index (χ2v) is 7.13. The smallest absolute Gasteiger partial charge is 0.338 e. The number of rotatable bonds is 4. The molecule has 0 bridgehead atoms. The number of hydrogen-bond acceptors (Lipinski definition) is 6. The molecule has 1 aliphatic heterocycles. The molecule has 28 heavy (non-hydrogen) atoms. The van der Waals surface area contributed by atoms with Gasteiger partial charge in [0.2, 0.25) is 11.9 Å². The number of nitrogens with zero attached hydrogens (tertiary/aromatic N) is 3. The van der Waals surface area contributed by atoms with Gasteiger partial charge in [0, 0.05) is 36.5 Å². The third-order valence-electron chi connectivity index (χ3n) is 5.25. The first-order valence-corrected chi connectivity index (χ1v) is 9.50. The van der Waals surface area contributed by atoms with Crippen LogP contribution in [-0.4, -0.2) is 34.5 Å². The van der Waals surface area contributed by atoms with Crippen molar-refractivity contribution < 1.29 is 14.3 Å². The highest BCUT2D eigenvalue weighted by molar-refractivity contribution is 5.96. The molecule has 0 radical (unpaired) electrons. The van der Waals surface area contributed by atoms with Gasteiger partial charge in [-0.1, -0.05) is 6.92 Å². The molecule has 0 fully saturated rings. The van der Waals surface area contributed by atoms with Crippen LogP contribution < -0.4 is 10.2 Å². The molecule has 1 aliphatic rings. The number of fused-ring (bicyclic) bond motifs is 1. The number of aryl methyl sites for hydroxylation is 1. The van der Waals surface area contributed by atoms with Gasteiger partial charge in [-0.15, -0.1) is 0 Å². The van der Waals surface area contributed by atoms with E-state index in [9.17, 15) is 9.59 Å². The van der Waals surface area contributed by atoms with E-state index in [0.717, 1.165) is 16.9 Å². The number of nitrogens with one attached hydrogen (secondary N) is 1. The van der Waals surface area contributed by atoms with Crippen molar-refractivity contribution in [2.75, 3.05) is 16.8 Å². The molecular weight excluding hydrogens is 356 g/mol. The Labute approximate surface area is 165 Å². The molecule has 2 heterocycles. The van der Waals surface area contributed by atoms with Gasteiger partial charge in [0.05, 0.1) is 18.2 Å². The number of hydrogen-bond donors (Lipinski definition) is 1. The van der Waals surface area contributed by atoms with E-state index in [1.54, 1.807) is 37.1 Å². The fourth-order valence-corrected chi connectivity index (χ4v) is 3.70. The van der Waals surface area contributed by atoms with Crippen molar-refractivity contribution in [3.05, 3.63) is 47.3 Å². The van der Waals surface area contributed by atoms with E-state index in [0.29, 0.717) is 18.1 Å². The minimum atomic E-state index is -0.378. The summed E-state index contributed by atoms with van der Waals surface area (Å²) in [6.07, 6.45) is 1.71. The quantitative estimate of drug-likeness (QED) is 0.815. The van der Waals surface area contributed by atoms with Gasteiger partial charge in [0.1, 0.15) is 0 Å². The van der Waals surface area contributed by atoms with E-state index in [-0.39, 0.29) is 29.9 Å². The second kappa shape index (κ2) is 7.96. The number of esters is 1. The fraction of sp³-hybridized carbons (Fsp3) is 0.429. The van der Waals surface area contributed by atoms with Gasteiger partial charge in [-0.3, -0.25) is 4.79 Å². The van der Waals surface area contributed by atoms with Crippen LogP contribution in [0.4, 0.5) is 11.6 Å². The summed E-state index contributed by atoms with van der Waals surface area (Å²) >= 11 is 0. The molecule has 148 valence electrons. The maximum absolute atomic E-state index is 12.3. The molecule has 0 spiro atoms.